The number of ether oxygens (including phenoxy) is 1. The lowest BCUT2D eigenvalue weighted by molar-refractivity contribution is 0.321. The third-order valence-electron chi connectivity index (χ3n) is 3.23. The van der Waals surface area contributed by atoms with Gasteiger partial charge in [0, 0.05) is 6.04 Å². The van der Waals surface area contributed by atoms with Gasteiger partial charge in [0.15, 0.2) is 21.4 Å². The molecule has 6 heteroatoms. The number of halogens is 1. The van der Waals surface area contributed by atoms with Gasteiger partial charge in [0.1, 0.15) is 6.61 Å². The van der Waals surface area contributed by atoms with Gasteiger partial charge in [0.25, 0.3) is 0 Å². The summed E-state index contributed by atoms with van der Waals surface area (Å²) in [5.41, 5.74) is 0.812. The van der Waals surface area contributed by atoms with Crippen LogP contribution < -0.4 is 10.1 Å². The molecular weight excluding hydrogens is 281 g/mol. The van der Waals surface area contributed by atoms with E-state index < -0.39 is 20.9 Å². The van der Waals surface area contributed by atoms with Gasteiger partial charge in [-0.15, -0.1) is 0 Å². The minimum absolute atomic E-state index is 0.0415. The van der Waals surface area contributed by atoms with Crippen molar-refractivity contribution < 1.29 is 17.5 Å². The fraction of sp³-hybridized carbons (Fsp3) is 0.571. The third-order valence-corrected chi connectivity index (χ3v) is 5.40. The fourth-order valence-corrected chi connectivity index (χ4v) is 2.36. The summed E-state index contributed by atoms with van der Waals surface area (Å²) in [6, 6.07) is 4.73. The molecule has 1 rings (SSSR count). The number of sulfone groups is 1. The second kappa shape index (κ2) is 7.04. The van der Waals surface area contributed by atoms with Crippen molar-refractivity contribution in [3.05, 3.63) is 29.6 Å². The Morgan fingerprint density at radius 2 is 1.95 bits per heavy atom. The zero-order chi connectivity index (χ0) is 15.3. The van der Waals surface area contributed by atoms with E-state index >= 15 is 0 Å². The van der Waals surface area contributed by atoms with Crippen LogP contribution >= 0.6 is 0 Å². The molecule has 0 aliphatic heterocycles. The molecule has 1 aromatic carbocycles. The first-order valence-electron chi connectivity index (χ1n) is 6.59. The van der Waals surface area contributed by atoms with Crippen LogP contribution in [0.15, 0.2) is 18.2 Å². The van der Waals surface area contributed by atoms with Crippen LogP contribution in [0.1, 0.15) is 32.4 Å². The zero-order valence-electron chi connectivity index (χ0n) is 12.3. The third kappa shape index (κ3) is 4.45. The summed E-state index contributed by atoms with van der Waals surface area (Å²) < 4.78 is 42.3. The molecular formula is C14H22FNO3S. The molecule has 114 valence electrons. The summed E-state index contributed by atoms with van der Waals surface area (Å²) in [5, 5.41) is 2.57. The average molecular weight is 303 g/mol. The molecule has 1 aromatic rings. The Kier molecular flexibility index (Phi) is 5.95. The number of benzene rings is 1. The van der Waals surface area contributed by atoms with Gasteiger partial charge >= 0.3 is 0 Å². The largest absolute Gasteiger partial charge is 0.489 e. The topological polar surface area (TPSA) is 55.4 Å². The van der Waals surface area contributed by atoms with Crippen molar-refractivity contribution in [1.82, 2.24) is 5.32 Å². The summed E-state index contributed by atoms with van der Waals surface area (Å²) in [6.45, 7) is 5.11. The number of rotatable bonds is 7. The number of hydrogen-bond acceptors (Lipinski definition) is 4. The van der Waals surface area contributed by atoms with Crippen molar-refractivity contribution >= 4 is 9.84 Å². The van der Waals surface area contributed by atoms with Gasteiger partial charge in [-0.05, 0) is 45.5 Å². The molecule has 0 aliphatic rings. The molecule has 20 heavy (non-hydrogen) atoms. The molecule has 0 amide bonds. The summed E-state index contributed by atoms with van der Waals surface area (Å²) >= 11 is 0. The van der Waals surface area contributed by atoms with E-state index in [2.05, 4.69) is 5.32 Å². The molecule has 0 aliphatic carbocycles. The maximum atomic E-state index is 13.8. The van der Waals surface area contributed by atoms with Gasteiger partial charge < -0.3 is 10.1 Å². The molecule has 0 radical (unpaired) electrons. The Morgan fingerprint density at radius 1 is 1.30 bits per heavy atom. The van der Waals surface area contributed by atoms with Crippen LogP contribution in [-0.4, -0.2) is 33.1 Å². The molecule has 0 heterocycles. The summed E-state index contributed by atoms with van der Waals surface area (Å²) in [4.78, 5) is 0. The Hall–Kier alpha value is -1.14. The van der Waals surface area contributed by atoms with Crippen molar-refractivity contribution in [2.75, 3.05) is 19.4 Å². The lowest BCUT2D eigenvalue weighted by Crippen LogP contribution is -2.22. The van der Waals surface area contributed by atoms with Crippen LogP contribution in [0, 0.1) is 5.82 Å². The molecule has 1 atom stereocenters. The minimum atomic E-state index is -3.16. The predicted molar refractivity (Wildman–Crippen MR) is 78.3 cm³/mol. The van der Waals surface area contributed by atoms with Gasteiger partial charge in [-0.1, -0.05) is 6.07 Å². The van der Waals surface area contributed by atoms with E-state index in [1.165, 1.54) is 12.1 Å². The summed E-state index contributed by atoms with van der Waals surface area (Å²) in [6.07, 6.45) is 0. The second-order valence-electron chi connectivity index (χ2n) is 4.96. The monoisotopic (exact) mass is 303 g/mol. The van der Waals surface area contributed by atoms with E-state index in [9.17, 15) is 12.8 Å². The van der Waals surface area contributed by atoms with Crippen LogP contribution in [0.4, 0.5) is 4.39 Å². The van der Waals surface area contributed by atoms with Crippen LogP contribution in [0.2, 0.25) is 0 Å². The Morgan fingerprint density at radius 3 is 2.45 bits per heavy atom. The molecule has 0 saturated heterocycles. The highest BCUT2D eigenvalue weighted by molar-refractivity contribution is 7.91. The first kappa shape index (κ1) is 16.9. The molecule has 1 N–H and O–H groups in total. The Labute approximate surface area is 120 Å². The zero-order valence-corrected chi connectivity index (χ0v) is 13.1. The SMILES string of the molecule is CNC(C)c1ccc(OCCS(=O)(=O)C(C)C)c(F)c1. The fourth-order valence-electron chi connectivity index (χ4n) is 1.57. The highest BCUT2D eigenvalue weighted by atomic mass is 32.2. The maximum absolute atomic E-state index is 13.8. The van der Waals surface area contributed by atoms with Gasteiger partial charge in [-0.25, -0.2) is 12.8 Å². The normalized spacial score (nSPS) is 13.5. The van der Waals surface area contributed by atoms with Gasteiger partial charge in [-0.3, -0.25) is 0 Å². The van der Waals surface area contributed by atoms with Crippen LogP contribution in [0.5, 0.6) is 5.75 Å². The van der Waals surface area contributed by atoms with E-state index in [4.69, 9.17) is 4.74 Å². The summed E-state index contributed by atoms with van der Waals surface area (Å²) in [7, 11) is -1.37. The van der Waals surface area contributed by atoms with Crippen molar-refractivity contribution in [2.24, 2.45) is 0 Å². The first-order chi connectivity index (χ1) is 9.27. The highest BCUT2D eigenvalue weighted by Gasteiger charge is 2.16. The summed E-state index contributed by atoms with van der Waals surface area (Å²) in [5.74, 6) is -0.513. The van der Waals surface area contributed by atoms with Gasteiger partial charge in [0.05, 0.1) is 11.0 Å². The molecule has 0 bridgehead atoms. The van der Waals surface area contributed by atoms with E-state index in [-0.39, 0.29) is 24.2 Å². The van der Waals surface area contributed by atoms with Crippen molar-refractivity contribution in [3.8, 4) is 5.75 Å². The lowest BCUT2D eigenvalue weighted by atomic mass is 10.1. The predicted octanol–water partition coefficient (Wildman–Crippen LogP) is 2.31. The number of hydrogen-bond donors (Lipinski definition) is 1. The first-order valence-corrected chi connectivity index (χ1v) is 8.30. The van der Waals surface area contributed by atoms with E-state index in [1.54, 1.807) is 27.0 Å². The van der Waals surface area contributed by atoms with Crippen molar-refractivity contribution in [3.63, 3.8) is 0 Å². The molecule has 1 unspecified atom stereocenters. The van der Waals surface area contributed by atoms with Gasteiger partial charge in [-0.2, -0.15) is 0 Å². The van der Waals surface area contributed by atoms with E-state index in [1.807, 2.05) is 6.92 Å². The smallest absolute Gasteiger partial charge is 0.165 e. The molecule has 4 nitrogen and oxygen atoms in total. The van der Waals surface area contributed by atoms with E-state index in [0.29, 0.717) is 0 Å². The van der Waals surface area contributed by atoms with Crippen LogP contribution in [0.25, 0.3) is 0 Å². The second-order valence-corrected chi connectivity index (χ2v) is 7.64. The van der Waals surface area contributed by atoms with Crippen molar-refractivity contribution in [1.29, 1.82) is 0 Å². The molecule has 0 aromatic heterocycles. The van der Waals surface area contributed by atoms with Crippen molar-refractivity contribution in [2.45, 2.75) is 32.1 Å². The Bertz CT molecular complexity index is 543. The quantitative estimate of drug-likeness (QED) is 0.840. The van der Waals surface area contributed by atoms with Crippen LogP contribution in [-0.2, 0) is 9.84 Å². The minimum Gasteiger partial charge on any atom is -0.489 e. The Balaban J connectivity index is 2.66. The average Bonchev–Trinajstić information content (AvgIpc) is 2.39. The maximum Gasteiger partial charge on any atom is 0.165 e. The van der Waals surface area contributed by atoms with Crippen LogP contribution in [0.3, 0.4) is 0 Å². The van der Waals surface area contributed by atoms with Gasteiger partial charge in [0.2, 0.25) is 0 Å². The standard InChI is InChI=1S/C14H22FNO3S/c1-10(2)20(17,18)8-7-19-14-6-5-12(9-13(14)15)11(3)16-4/h5-6,9-11,16H,7-8H2,1-4H3. The molecule has 0 saturated carbocycles. The molecule has 0 fully saturated rings. The molecule has 0 spiro atoms. The highest BCUT2D eigenvalue weighted by Crippen LogP contribution is 2.22. The lowest BCUT2D eigenvalue weighted by Gasteiger charge is -2.13. The number of nitrogens with one attached hydrogen (secondary N) is 1. The van der Waals surface area contributed by atoms with E-state index in [0.717, 1.165) is 5.56 Å².